The molecule has 1 saturated heterocycles. The average molecular weight is 325 g/mol. The molecule has 0 aliphatic carbocycles. The Morgan fingerprint density at radius 1 is 1.35 bits per heavy atom. The molecule has 2 rings (SSSR count). The average Bonchev–Trinajstić information content (AvgIpc) is 2.72. The Labute approximate surface area is 132 Å². The Bertz CT molecular complexity index is 617. The van der Waals surface area contributed by atoms with E-state index >= 15 is 0 Å². The SMILES string of the molecule is CC1(C)CN([C@@H](CCc2ccc(C#N)cc2)C(F)(F)F)NC1=O. The minimum atomic E-state index is -4.43. The van der Waals surface area contributed by atoms with Crippen LogP contribution in [0.2, 0.25) is 0 Å². The molecule has 1 N–H and O–H groups in total. The van der Waals surface area contributed by atoms with Crippen molar-refractivity contribution in [3.8, 4) is 6.07 Å². The van der Waals surface area contributed by atoms with Gasteiger partial charge in [-0.25, -0.2) is 5.01 Å². The summed E-state index contributed by atoms with van der Waals surface area (Å²) in [6.45, 7) is 3.26. The van der Waals surface area contributed by atoms with E-state index in [2.05, 4.69) is 5.43 Å². The first-order chi connectivity index (χ1) is 10.6. The molecular weight excluding hydrogens is 307 g/mol. The van der Waals surface area contributed by atoms with Crippen molar-refractivity contribution < 1.29 is 18.0 Å². The standard InChI is InChI=1S/C16H18F3N3O/c1-15(2)10-22(21-14(15)23)13(16(17,18)19)8-7-11-3-5-12(9-20)6-4-11/h3-6,13H,7-8,10H2,1-2H3,(H,21,23)/t13-/m0/s1. The van der Waals surface area contributed by atoms with Gasteiger partial charge in [-0.3, -0.25) is 10.2 Å². The number of aryl methyl sites for hydroxylation is 1. The highest BCUT2D eigenvalue weighted by Crippen LogP contribution is 2.33. The number of hydrogen-bond acceptors (Lipinski definition) is 3. The number of hydrazine groups is 1. The predicted octanol–water partition coefficient (Wildman–Crippen LogP) is 2.79. The molecule has 0 unspecified atom stereocenters. The van der Waals surface area contributed by atoms with Gasteiger partial charge in [0.2, 0.25) is 5.91 Å². The molecular formula is C16H18F3N3O. The van der Waals surface area contributed by atoms with Gasteiger partial charge < -0.3 is 0 Å². The number of halogens is 3. The summed E-state index contributed by atoms with van der Waals surface area (Å²) < 4.78 is 40.0. The van der Waals surface area contributed by atoms with Gasteiger partial charge in [0.05, 0.1) is 17.0 Å². The molecule has 1 aliphatic rings. The lowest BCUT2D eigenvalue weighted by Gasteiger charge is -2.29. The topological polar surface area (TPSA) is 56.1 Å². The highest BCUT2D eigenvalue weighted by molar-refractivity contribution is 5.83. The molecule has 0 bridgehead atoms. The molecule has 0 radical (unpaired) electrons. The Balaban J connectivity index is 2.08. The molecule has 1 aromatic rings. The first-order valence-corrected chi connectivity index (χ1v) is 7.27. The van der Waals surface area contributed by atoms with Gasteiger partial charge >= 0.3 is 6.18 Å². The van der Waals surface area contributed by atoms with E-state index in [1.807, 2.05) is 6.07 Å². The number of amides is 1. The van der Waals surface area contributed by atoms with Gasteiger partial charge in [-0.15, -0.1) is 0 Å². The second-order valence-electron chi connectivity index (χ2n) is 6.36. The molecule has 1 aromatic carbocycles. The fourth-order valence-electron chi connectivity index (χ4n) is 2.55. The van der Waals surface area contributed by atoms with Crippen LogP contribution in [-0.2, 0) is 11.2 Å². The van der Waals surface area contributed by atoms with Crippen molar-refractivity contribution >= 4 is 5.91 Å². The summed E-state index contributed by atoms with van der Waals surface area (Å²) in [7, 11) is 0. The van der Waals surface area contributed by atoms with Gasteiger partial charge in [0.25, 0.3) is 0 Å². The van der Waals surface area contributed by atoms with Gasteiger partial charge in [0.15, 0.2) is 0 Å². The Kier molecular flexibility index (Phi) is 4.66. The maximum absolute atomic E-state index is 13.3. The van der Waals surface area contributed by atoms with E-state index in [-0.39, 0.29) is 19.4 Å². The fourth-order valence-corrected chi connectivity index (χ4v) is 2.55. The first-order valence-electron chi connectivity index (χ1n) is 7.27. The lowest BCUT2D eigenvalue weighted by Crippen LogP contribution is -2.50. The molecule has 124 valence electrons. The third kappa shape index (κ3) is 4.02. The van der Waals surface area contributed by atoms with E-state index in [0.717, 1.165) is 10.6 Å². The molecule has 0 spiro atoms. The molecule has 1 amide bonds. The zero-order valence-corrected chi connectivity index (χ0v) is 12.9. The van der Waals surface area contributed by atoms with Crippen LogP contribution in [0, 0.1) is 16.7 Å². The number of alkyl halides is 3. The van der Waals surface area contributed by atoms with Crippen molar-refractivity contribution in [3.05, 3.63) is 35.4 Å². The molecule has 7 heteroatoms. The molecule has 1 fully saturated rings. The quantitative estimate of drug-likeness (QED) is 0.926. The number of nitrogens with zero attached hydrogens (tertiary/aromatic N) is 2. The van der Waals surface area contributed by atoms with E-state index in [0.29, 0.717) is 5.56 Å². The van der Waals surface area contributed by atoms with Crippen LogP contribution in [0.1, 0.15) is 31.4 Å². The zero-order chi connectivity index (χ0) is 17.3. The minimum Gasteiger partial charge on any atom is -0.288 e. The zero-order valence-electron chi connectivity index (χ0n) is 12.9. The summed E-state index contributed by atoms with van der Waals surface area (Å²) in [6, 6.07) is 6.70. The summed E-state index contributed by atoms with van der Waals surface area (Å²) in [5.74, 6) is -0.398. The summed E-state index contributed by atoms with van der Waals surface area (Å²) in [4.78, 5) is 11.7. The number of carbonyl (C=O) groups excluding carboxylic acids is 1. The number of nitriles is 1. The van der Waals surface area contributed by atoms with Gasteiger partial charge in [0, 0.05) is 6.54 Å². The lowest BCUT2D eigenvalue weighted by atomic mass is 9.94. The van der Waals surface area contributed by atoms with Crippen molar-refractivity contribution in [3.63, 3.8) is 0 Å². The van der Waals surface area contributed by atoms with E-state index < -0.39 is 23.5 Å². The van der Waals surface area contributed by atoms with Gasteiger partial charge in [0.1, 0.15) is 6.04 Å². The number of carbonyl (C=O) groups is 1. The van der Waals surface area contributed by atoms with Gasteiger partial charge in [-0.05, 0) is 44.4 Å². The van der Waals surface area contributed by atoms with Crippen LogP contribution in [0.25, 0.3) is 0 Å². The molecule has 0 aromatic heterocycles. The van der Waals surface area contributed by atoms with Gasteiger partial charge in [-0.2, -0.15) is 18.4 Å². The van der Waals surface area contributed by atoms with Crippen molar-refractivity contribution in [1.82, 2.24) is 10.4 Å². The lowest BCUT2D eigenvalue weighted by molar-refractivity contribution is -0.190. The number of benzene rings is 1. The van der Waals surface area contributed by atoms with Crippen molar-refractivity contribution in [1.29, 1.82) is 5.26 Å². The van der Waals surface area contributed by atoms with E-state index in [4.69, 9.17) is 5.26 Å². The Morgan fingerprint density at radius 2 is 1.96 bits per heavy atom. The molecule has 4 nitrogen and oxygen atoms in total. The summed E-state index contributed by atoms with van der Waals surface area (Å²) >= 11 is 0. The largest absolute Gasteiger partial charge is 0.405 e. The highest BCUT2D eigenvalue weighted by atomic mass is 19.4. The van der Waals surface area contributed by atoms with Crippen LogP contribution in [0.5, 0.6) is 0 Å². The minimum absolute atomic E-state index is 0.0172. The van der Waals surface area contributed by atoms with E-state index in [1.165, 1.54) is 0 Å². The molecule has 1 heterocycles. The second-order valence-corrected chi connectivity index (χ2v) is 6.36. The van der Waals surface area contributed by atoms with Gasteiger partial charge in [-0.1, -0.05) is 12.1 Å². The molecule has 1 atom stereocenters. The highest BCUT2D eigenvalue weighted by Gasteiger charge is 2.49. The number of nitrogens with one attached hydrogen (secondary N) is 1. The van der Waals surface area contributed by atoms with Crippen LogP contribution < -0.4 is 5.43 Å². The Morgan fingerprint density at radius 3 is 2.39 bits per heavy atom. The summed E-state index contributed by atoms with van der Waals surface area (Å²) in [5.41, 5.74) is 2.69. The van der Waals surface area contributed by atoms with Crippen LogP contribution in [0.15, 0.2) is 24.3 Å². The second kappa shape index (κ2) is 6.20. The van der Waals surface area contributed by atoms with Crippen LogP contribution in [0.4, 0.5) is 13.2 Å². The third-order valence-electron chi connectivity index (χ3n) is 3.97. The van der Waals surface area contributed by atoms with E-state index in [9.17, 15) is 18.0 Å². The molecule has 1 aliphatic heterocycles. The maximum Gasteiger partial charge on any atom is 0.405 e. The first kappa shape index (κ1) is 17.3. The van der Waals surface area contributed by atoms with Crippen LogP contribution in [0.3, 0.4) is 0 Å². The predicted molar refractivity (Wildman–Crippen MR) is 78.0 cm³/mol. The molecule has 23 heavy (non-hydrogen) atoms. The fraction of sp³-hybridized carbons (Fsp3) is 0.500. The Hall–Kier alpha value is -2.07. The summed E-state index contributed by atoms with van der Waals surface area (Å²) in [5, 5.41) is 9.72. The third-order valence-corrected chi connectivity index (χ3v) is 3.97. The smallest absolute Gasteiger partial charge is 0.288 e. The maximum atomic E-state index is 13.3. The number of rotatable bonds is 4. The van der Waals surface area contributed by atoms with Crippen LogP contribution >= 0.6 is 0 Å². The van der Waals surface area contributed by atoms with E-state index in [1.54, 1.807) is 38.1 Å². The van der Waals surface area contributed by atoms with Crippen LogP contribution in [-0.4, -0.2) is 29.7 Å². The van der Waals surface area contributed by atoms with Crippen molar-refractivity contribution in [2.75, 3.05) is 6.54 Å². The monoisotopic (exact) mass is 325 g/mol. The molecule has 0 saturated carbocycles. The number of hydrogen-bond donors (Lipinski definition) is 1. The van der Waals surface area contributed by atoms with Crippen molar-refractivity contribution in [2.24, 2.45) is 5.41 Å². The normalized spacial score (nSPS) is 19.2. The summed E-state index contributed by atoms with van der Waals surface area (Å²) in [6.07, 6.45) is -4.38. The van der Waals surface area contributed by atoms with Crippen molar-refractivity contribution in [2.45, 2.75) is 38.9 Å².